The Balaban J connectivity index is 1.70. The number of nitrogens with zero attached hydrogens (tertiary/aromatic N) is 1. The van der Waals surface area contributed by atoms with Gasteiger partial charge in [0.15, 0.2) is 0 Å². The molecule has 0 aliphatic heterocycles. The molecule has 33 heavy (non-hydrogen) atoms. The topological polar surface area (TPSA) is 85.4 Å². The molecule has 1 aliphatic rings. The van der Waals surface area contributed by atoms with Gasteiger partial charge in [-0.3, -0.25) is 4.79 Å². The van der Waals surface area contributed by atoms with E-state index < -0.39 is 23.5 Å². The second-order valence-corrected chi connectivity index (χ2v) is 9.17. The van der Waals surface area contributed by atoms with E-state index in [1.807, 2.05) is 19.1 Å². The first-order valence-corrected chi connectivity index (χ1v) is 11.5. The number of amides is 2. The van der Waals surface area contributed by atoms with Gasteiger partial charge in [-0.2, -0.15) is 0 Å². The molecule has 0 saturated heterocycles. The van der Waals surface area contributed by atoms with Crippen molar-refractivity contribution in [2.24, 2.45) is 0 Å². The van der Waals surface area contributed by atoms with E-state index >= 15 is 0 Å². The third-order valence-electron chi connectivity index (χ3n) is 6.44. The van der Waals surface area contributed by atoms with E-state index in [0.717, 1.165) is 30.2 Å². The van der Waals surface area contributed by atoms with Gasteiger partial charge in [-0.05, 0) is 55.0 Å². The number of hydrogen-bond acceptors (Lipinski definition) is 3. The Kier molecular flexibility index (Phi) is 6.72. The minimum Gasteiger partial charge on any atom is -0.388 e. The van der Waals surface area contributed by atoms with Crippen LogP contribution >= 0.6 is 11.6 Å². The highest BCUT2D eigenvalue weighted by Gasteiger charge is 2.35. The number of pyridine rings is 1. The second kappa shape index (κ2) is 9.53. The number of carbonyl (C=O) groups excluding carboxylic acids is 1. The number of urea groups is 1. The van der Waals surface area contributed by atoms with Crippen molar-refractivity contribution in [2.45, 2.75) is 50.7 Å². The molecule has 1 saturated carbocycles. The van der Waals surface area contributed by atoms with Crippen molar-refractivity contribution in [2.75, 3.05) is 11.9 Å². The number of carbonyl (C=O) groups is 1. The lowest BCUT2D eigenvalue weighted by atomic mass is 9.84. The van der Waals surface area contributed by atoms with E-state index in [9.17, 15) is 19.1 Å². The molecule has 174 valence electrons. The number of hydrogen-bond donors (Lipinski definition) is 3. The zero-order chi connectivity index (χ0) is 23.6. The summed E-state index contributed by atoms with van der Waals surface area (Å²) < 4.78 is 13.6. The van der Waals surface area contributed by atoms with Gasteiger partial charge in [0.1, 0.15) is 5.82 Å². The van der Waals surface area contributed by atoms with E-state index in [-0.39, 0.29) is 17.1 Å². The molecule has 1 aromatic heterocycles. The fraction of sp³-hybridized carbons (Fsp3) is 0.360. The largest absolute Gasteiger partial charge is 0.388 e. The van der Waals surface area contributed by atoms with Gasteiger partial charge in [0.2, 0.25) is 0 Å². The number of rotatable bonds is 5. The minimum absolute atomic E-state index is 0.0927. The fourth-order valence-corrected chi connectivity index (χ4v) is 4.76. The van der Waals surface area contributed by atoms with Gasteiger partial charge in [-0.1, -0.05) is 49.1 Å². The Bertz CT molecular complexity index is 1220. The molecule has 1 atom stereocenters. The summed E-state index contributed by atoms with van der Waals surface area (Å²) in [5.74, 6) is -0.573. The number of halogens is 2. The molecule has 1 heterocycles. The van der Waals surface area contributed by atoms with Crippen molar-refractivity contribution in [1.29, 1.82) is 0 Å². The number of benzene rings is 2. The molecular weight excluding hydrogens is 445 g/mol. The molecule has 0 bridgehead atoms. The van der Waals surface area contributed by atoms with Crippen LogP contribution in [0.1, 0.15) is 50.6 Å². The van der Waals surface area contributed by atoms with Crippen LogP contribution in [-0.2, 0) is 0 Å². The second-order valence-electron chi connectivity index (χ2n) is 8.77. The highest BCUT2D eigenvalue weighted by atomic mass is 35.5. The molecule has 1 aliphatic carbocycles. The van der Waals surface area contributed by atoms with Crippen LogP contribution in [0.4, 0.5) is 14.9 Å². The quantitative estimate of drug-likeness (QED) is 0.452. The lowest BCUT2D eigenvalue weighted by Crippen LogP contribution is -2.49. The van der Waals surface area contributed by atoms with Crippen molar-refractivity contribution >= 4 is 34.1 Å². The van der Waals surface area contributed by atoms with Crippen LogP contribution in [0, 0.1) is 5.82 Å². The lowest BCUT2D eigenvalue weighted by Gasteiger charge is -2.39. The fourth-order valence-electron chi connectivity index (χ4n) is 4.58. The average molecular weight is 472 g/mol. The number of aromatic nitrogens is 1. The first-order chi connectivity index (χ1) is 15.8. The van der Waals surface area contributed by atoms with Gasteiger partial charge < -0.3 is 20.3 Å². The normalized spacial score (nSPS) is 16.4. The third kappa shape index (κ3) is 5.04. The summed E-state index contributed by atoms with van der Waals surface area (Å²) in [6, 6.07) is 10.3. The molecule has 8 heteroatoms. The Morgan fingerprint density at radius 3 is 2.61 bits per heavy atom. The van der Waals surface area contributed by atoms with E-state index in [4.69, 9.17) is 11.6 Å². The van der Waals surface area contributed by atoms with Crippen molar-refractivity contribution in [1.82, 2.24) is 9.88 Å². The Labute approximate surface area is 196 Å². The number of anilines is 1. The lowest BCUT2D eigenvalue weighted by molar-refractivity contribution is -0.0226. The van der Waals surface area contributed by atoms with E-state index in [1.54, 1.807) is 23.2 Å². The summed E-state index contributed by atoms with van der Waals surface area (Å²) >= 11 is 5.88. The van der Waals surface area contributed by atoms with Gasteiger partial charge in [0.25, 0.3) is 5.56 Å². The highest BCUT2D eigenvalue weighted by Crippen LogP contribution is 2.33. The zero-order valence-corrected chi connectivity index (χ0v) is 19.2. The Morgan fingerprint density at radius 1 is 1.21 bits per heavy atom. The van der Waals surface area contributed by atoms with Crippen LogP contribution in [-0.4, -0.2) is 33.2 Å². The SMILES string of the molecule is C[C@@H](c1c[nH]c(=O)c2ccccc12)N(CC1(O)CCCCC1)C(=O)Nc1ccc(F)c(Cl)c1. The van der Waals surface area contributed by atoms with Crippen LogP contribution in [0.5, 0.6) is 0 Å². The standard InChI is InChI=1S/C25H27ClFN3O3/c1-16(20-14-28-23(31)19-8-4-3-7-18(19)20)30(15-25(33)11-5-2-6-12-25)24(32)29-17-9-10-22(27)21(26)13-17/h3-4,7-10,13-14,16,33H,2,5-6,11-12,15H2,1H3,(H,28,31)(H,29,32)/t16-/m0/s1. The molecule has 6 nitrogen and oxygen atoms in total. The maximum absolute atomic E-state index is 13.6. The monoisotopic (exact) mass is 471 g/mol. The summed E-state index contributed by atoms with van der Waals surface area (Å²) in [7, 11) is 0. The van der Waals surface area contributed by atoms with Gasteiger partial charge >= 0.3 is 6.03 Å². The van der Waals surface area contributed by atoms with E-state index in [2.05, 4.69) is 10.3 Å². The third-order valence-corrected chi connectivity index (χ3v) is 6.73. The van der Waals surface area contributed by atoms with Gasteiger partial charge in [0.05, 0.1) is 23.2 Å². The molecule has 0 radical (unpaired) electrons. The van der Waals surface area contributed by atoms with Crippen LogP contribution < -0.4 is 10.9 Å². The summed E-state index contributed by atoms with van der Waals surface area (Å²) in [6.07, 6.45) is 5.69. The summed E-state index contributed by atoms with van der Waals surface area (Å²) in [6.45, 7) is 1.99. The summed E-state index contributed by atoms with van der Waals surface area (Å²) in [4.78, 5) is 30.1. The zero-order valence-electron chi connectivity index (χ0n) is 18.4. The number of nitrogens with one attached hydrogen (secondary N) is 2. The maximum Gasteiger partial charge on any atom is 0.322 e. The van der Waals surface area contributed by atoms with E-state index in [1.165, 1.54) is 18.2 Å². The van der Waals surface area contributed by atoms with Crippen molar-refractivity contribution < 1.29 is 14.3 Å². The maximum atomic E-state index is 13.6. The van der Waals surface area contributed by atoms with E-state index in [0.29, 0.717) is 23.9 Å². The summed E-state index contributed by atoms with van der Waals surface area (Å²) in [5, 5.41) is 15.2. The van der Waals surface area contributed by atoms with Gasteiger partial charge in [-0.15, -0.1) is 0 Å². The Morgan fingerprint density at radius 2 is 1.91 bits per heavy atom. The molecule has 1 fully saturated rings. The molecular formula is C25H27ClFN3O3. The van der Waals surface area contributed by atoms with Crippen molar-refractivity contribution in [3.8, 4) is 0 Å². The van der Waals surface area contributed by atoms with Gasteiger partial charge in [-0.25, -0.2) is 9.18 Å². The molecule has 3 N–H and O–H groups in total. The van der Waals surface area contributed by atoms with Crippen molar-refractivity contribution in [3.63, 3.8) is 0 Å². The van der Waals surface area contributed by atoms with Gasteiger partial charge in [0, 0.05) is 17.3 Å². The van der Waals surface area contributed by atoms with Crippen molar-refractivity contribution in [3.05, 3.63) is 75.4 Å². The molecule has 4 rings (SSSR count). The number of aromatic amines is 1. The number of fused-ring (bicyclic) bond motifs is 1. The molecule has 3 aromatic rings. The Hall–Kier alpha value is -2.90. The predicted molar refractivity (Wildman–Crippen MR) is 128 cm³/mol. The highest BCUT2D eigenvalue weighted by molar-refractivity contribution is 6.31. The average Bonchev–Trinajstić information content (AvgIpc) is 2.80. The summed E-state index contributed by atoms with van der Waals surface area (Å²) in [5.41, 5.74) is -0.0886. The van der Waals surface area contributed by atoms with Crippen LogP contribution in [0.25, 0.3) is 10.8 Å². The molecule has 0 unspecified atom stereocenters. The minimum atomic E-state index is -0.998. The molecule has 2 amide bonds. The first-order valence-electron chi connectivity index (χ1n) is 11.1. The van der Waals surface area contributed by atoms with Crippen LogP contribution in [0.2, 0.25) is 5.02 Å². The van der Waals surface area contributed by atoms with Crippen LogP contribution in [0.15, 0.2) is 53.5 Å². The molecule has 0 spiro atoms. The number of H-pyrrole nitrogens is 1. The molecule has 2 aromatic carbocycles. The number of aliphatic hydroxyl groups is 1. The predicted octanol–water partition coefficient (Wildman–Crippen LogP) is 5.61. The van der Waals surface area contributed by atoms with Crippen LogP contribution in [0.3, 0.4) is 0 Å². The smallest absolute Gasteiger partial charge is 0.322 e. The first kappa shape index (κ1) is 23.3.